The van der Waals surface area contributed by atoms with Gasteiger partial charge in [0.1, 0.15) is 11.4 Å². The summed E-state index contributed by atoms with van der Waals surface area (Å²) < 4.78 is 81.4. The van der Waals surface area contributed by atoms with Gasteiger partial charge in [-0.3, -0.25) is 0 Å². The summed E-state index contributed by atoms with van der Waals surface area (Å²) in [4.78, 5) is 4.23. The van der Waals surface area contributed by atoms with E-state index in [1.54, 1.807) is 0 Å². The van der Waals surface area contributed by atoms with Gasteiger partial charge in [-0.05, 0) is 43.3 Å². The first kappa shape index (κ1) is 22.6. The summed E-state index contributed by atoms with van der Waals surface area (Å²) in [5.74, 6) is -0.924. The van der Waals surface area contributed by atoms with Crippen LogP contribution in [0, 0.1) is 0 Å². The minimum Gasteiger partial charge on any atom is -0.405 e. The summed E-state index contributed by atoms with van der Waals surface area (Å²) in [6.07, 6.45) is -2.67. The summed E-state index contributed by atoms with van der Waals surface area (Å²) in [5.41, 5.74) is 3.58. The standard InChI is InChI=1S/C19H19F6N5O/c20-18(21,22)11-6-7-13(15(10-11)31-19(23,24)25)16-14(8-9-26)28-17(30-29-16)27-12-4-2-1-3-5-12/h6-10,12H,1-5,26H2,(H,27,28,30)/b9-8-. The molecule has 6 nitrogen and oxygen atoms in total. The number of ether oxygens (including phenoxy) is 1. The molecule has 0 unspecified atom stereocenters. The van der Waals surface area contributed by atoms with Crippen LogP contribution in [0.2, 0.25) is 0 Å². The van der Waals surface area contributed by atoms with Crippen LogP contribution in [-0.2, 0) is 6.18 Å². The van der Waals surface area contributed by atoms with Gasteiger partial charge in [-0.2, -0.15) is 13.2 Å². The molecule has 0 radical (unpaired) electrons. The van der Waals surface area contributed by atoms with Crippen LogP contribution in [-0.4, -0.2) is 27.6 Å². The number of alkyl halides is 6. The van der Waals surface area contributed by atoms with Crippen molar-refractivity contribution in [3.63, 3.8) is 0 Å². The van der Waals surface area contributed by atoms with Gasteiger partial charge in [-0.1, -0.05) is 19.3 Å². The van der Waals surface area contributed by atoms with E-state index in [0.717, 1.165) is 44.4 Å². The van der Waals surface area contributed by atoms with Gasteiger partial charge in [0, 0.05) is 11.6 Å². The molecule has 1 aromatic carbocycles. The number of rotatable bonds is 5. The summed E-state index contributed by atoms with van der Waals surface area (Å²) in [7, 11) is 0. The van der Waals surface area contributed by atoms with Crippen molar-refractivity contribution in [3.8, 4) is 17.0 Å². The van der Waals surface area contributed by atoms with E-state index in [1.807, 2.05) is 0 Å². The molecule has 1 aliphatic carbocycles. The lowest BCUT2D eigenvalue weighted by molar-refractivity contribution is -0.274. The van der Waals surface area contributed by atoms with Crippen LogP contribution in [0.5, 0.6) is 5.75 Å². The lowest BCUT2D eigenvalue weighted by Gasteiger charge is -2.22. The Kier molecular flexibility index (Phi) is 6.56. The SMILES string of the molecule is N/C=C\c1nc(NC2CCCCC2)nnc1-c1ccc(C(F)(F)F)cc1OC(F)(F)F. The average molecular weight is 447 g/mol. The highest BCUT2D eigenvalue weighted by atomic mass is 19.4. The number of halogens is 6. The molecule has 0 atom stereocenters. The van der Waals surface area contributed by atoms with E-state index in [-0.39, 0.29) is 35.0 Å². The molecule has 1 heterocycles. The number of hydrogen-bond donors (Lipinski definition) is 2. The minimum atomic E-state index is -5.22. The second-order valence-corrected chi connectivity index (χ2v) is 6.96. The summed E-state index contributed by atoms with van der Waals surface area (Å²) >= 11 is 0. The molecule has 0 aliphatic heterocycles. The van der Waals surface area contributed by atoms with Crippen LogP contribution in [0.15, 0.2) is 24.4 Å². The topological polar surface area (TPSA) is 86.0 Å². The summed E-state index contributed by atoms with van der Waals surface area (Å²) in [6, 6.07) is 1.85. The number of anilines is 1. The Morgan fingerprint density at radius 3 is 2.35 bits per heavy atom. The number of aromatic nitrogens is 3. The maximum absolute atomic E-state index is 13.0. The van der Waals surface area contributed by atoms with Crippen LogP contribution in [0.3, 0.4) is 0 Å². The van der Waals surface area contributed by atoms with Crippen molar-refractivity contribution in [3.05, 3.63) is 35.7 Å². The van der Waals surface area contributed by atoms with Crippen molar-refractivity contribution < 1.29 is 31.1 Å². The van der Waals surface area contributed by atoms with E-state index >= 15 is 0 Å². The van der Waals surface area contributed by atoms with E-state index in [2.05, 4.69) is 25.2 Å². The molecule has 2 aromatic rings. The summed E-state index contributed by atoms with van der Waals surface area (Å²) in [6.45, 7) is 0. The molecule has 0 amide bonds. The molecule has 12 heteroatoms. The van der Waals surface area contributed by atoms with Crippen molar-refractivity contribution in [1.82, 2.24) is 15.2 Å². The highest BCUT2D eigenvalue weighted by Crippen LogP contribution is 2.39. The van der Waals surface area contributed by atoms with Crippen molar-refractivity contribution >= 4 is 12.0 Å². The van der Waals surface area contributed by atoms with E-state index < -0.39 is 23.9 Å². The van der Waals surface area contributed by atoms with Gasteiger partial charge < -0.3 is 15.8 Å². The van der Waals surface area contributed by atoms with Crippen LogP contribution in [0.1, 0.15) is 43.4 Å². The third-order valence-electron chi connectivity index (χ3n) is 4.70. The molecule has 168 valence electrons. The minimum absolute atomic E-state index is 0.0302. The van der Waals surface area contributed by atoms with Crippen molar-refractivity contribution in [2.45, 2.75) is 50.7 Å². The molecule has 0 saturated heterocycles. The van der Waals surface area contributed by atoms with Gasteiger partial charge in [0.25, 0.3) is 0 Å². The lowest BCUT2D eigenvalue weighted by Crippen LogP contribution is -2.24. The van der Waals surface area contributed by atoms with E-state index in [0.29, 0.717) is 6.07 Å². The Morgan fingerprint density at radius 1 is 1.03 bits per heavy atom. The van der Waals surface area contributed by atoms with Gasteiger partial charge in [0.15, 0.2) is 0 Å². The fourth-order valence-electron chi connectivity index (χ4n) is 3.33. The van der Waals surface area contributed by atoms with E-state index in [1.165, 1.54) is 6.08 Å². The van der Waals surface area contributed by atoms with Gasteiger partial charge in [0.05, 0.1) is 11.3 Å². The smallest absolute Gasteiger partial charge is 0.405 e. The van der Waals surface area contributed by atoms with E-state index in [4.69, 9.17) is 5.73 Å². The maximum Gasteiger partial charge on any atom is 0.573 e. The van der Waals surface area contributed by atoms with Gasteiger partial charge >= 0.3 is 12.5 Å². The molecule has 1 aliphatic rings. The lowest BCUT2D eigenvalue weighted by atomic mass is 9.96. The van der Waals surface area contributed by atoms with Gasteiger partial charge in [-0.15, -0.1) is 23.4 Å². The Morgan fingerprint density at radius 2 is 1.74 bits per heavy atom. The zero-order valence-corrected chi connectivity index (χ0v) is 16.1. The number of nitrogens with one attached hydrogen (secondary N) is 1. The molecular formula is C19H19F6N5O. The maximum atomic E-state index is 13.0. The second-order valence-electron chi connectivity index (χ2n) is 6.96. The highest BCUT2D eigenvalue weighted by Gasteiger charge is 2.36. The largest absolute Gasteiger partial charge is 0.573 e. The molecule has 1 aromatic heterocycles. The predicted molar refractivity (Wildman–Crippen MR) is 101 cm³/mol. The van der Waals surface area contributed by atoms with Crippen LogP contribution in [0.4, 0.5) is 32.3 Å². The number of nitrogens with two attached hydrogens (primary N) is 1. The monoisotopic (exact) mass is 447 g/mol. The van der Waals surface area contributed by atoms with Crippen LogP contribution >= 0.6 is 0 Å². The predicted octanol–water partition coefficient (Wildman–Crippen LogP) is 5.13. The molecule has 3 rings (SSSR count). The Labute approximate surface area is 173 Å². The Balaban J connectivity index is 2.03. The van der Waals surface area contributed by atoms with Gasteiger partial charge in [-0.25, -0.2) is 4.98 Å². The second kappa shape index (κ2) is 8.98. The summed E-state index contributed by atoms with van der Waals surface area (Å²) in [5, 5.41) is 10.9. The molecule has 31 heavy (non-hydrogen) atoms. The molecule has 0 spiro atoms. The fraction of sp³-hybridized carbons (Fsp3) is 0.421. The first-order chi connectivity index (χ1) is 14.6. The quantitative estimate of drug-likeness (QED) is 0.618. The number of nitrogens with zero attached hydrogens (tertiary/aromatic N) is 3. The molecule has 3 N–H and O–H groups in total. The first-order valence-electron chi connectivity index (χ1n) is 9.44. The normalized spacial score (nSPS) is 15.9. The molecule has 1 saturated carbocycles. The third-order valence-corrected chi connectivity index (χ3v) is 4.70. The van der Waals surface area contributed by atoms with E-state index in [9.17, 15) is 26.3 Å². The van der Waals surface area contributed by atoms with Crippen molar-refractivity contribution in [2.24, 2.45) is 5.73 Å². The van der Waals surface area contributed by atoms with Gasteiger partial charge in [0.2, 0.25) is 5.95 Å². The third kappa shape index (κ3) is 5.98. The zero-order chi connectivity index (χ0) is 22.6. The molecule has 0 bridgehead atoms. The van der Waals surface area contributed by atoms with Crippen LogP contribution < -0.4 is 15.8 Å². The van der Waals surface area contributed by atoms with Crippen molar-refractivity contribution in [2.75, 3.05) is 5.32 Å². The average Bonchev–Trinajstić information content (AvgIpc) is 2.68. The highest BCUT2D eigenvalue weighted by molar-refractivity contribution is 5.75. The Bertz CT molecular complexity index is 938. The van der Waals surface area contributed by atoms with Crippen molar-refractivity contribution in [1.29, 1.82) is 0 Å². The molecule has 1 fully saturated rings. The number of benzene rings is 1. The first-order valence-corrected chi connectivity index (χ1v) is 9.44. The van der Waals surface area contributed by atoms with Crippen LogP contribution in [0.25, 0.3) is 17.3 Å². The number of hydrogen-bond acceptors (Lipinski definition) is 6. The zero-order valence-electron chi connectivity index (χ0n) is 16.1. The molecular weight excluding hydrogens is 428 g/mol. The fourth-order valence-corrected chi connectivity index (χ4v) is 3.33. The Hall–Kier alpha value is -3.05.